The van der Waals surface area contributed by atoms with Gasteiger partial charge in [-0.3, -0.25) is 0 Å². The summed E-state index contributed by atoms with van der Waals surface area (Å²) in [4.78, 5) is 8.56. The first-order chi connectivity index (χ1) is 14.5. The lowest BCUT2D eigenvalue weighted by atomic mass is 9.84. The van der Waals surface area contributed by atoms with Crippen molar-refractivity contribution in [3.05, 3.63) is 59.7 Å². The number of hydrogen-bond acceptors (Lipinski definition) is 3. The van der Waals surface area contributed by atoms with Crippen LogP contribution < -0.4 is 0 Å². The Morgan fingerprint density at radius 2 is 0.833 bits per heavy atom. The summed E-state index contributed by atoms with van der Waals surface area (Å²) in [6.45, 7) is 0. The van der Waals surface area contributed by atoms with Crippen LogP contribution in [0.15, 0.2) is 48.5 Å². The van der Waals surface area contributed by atoms with Gasteiger partial charge in [0, 0.05) is 0 Å². The highest BCUT2D eigenvalue weighted by Crippen LogP contribution is 2.33. The van der Waals surface area contributed by atoms with E-state index in [9.17, 15) is 0 Å². The quantitative estimate of drug-likeness (QED) is 0.420. The molecule has 4 N–H and O–H groups in total. The summed E-state index contributed by atoms with van der Waals surface area (Å²) in [5, 5.41) is 32.3. The molecule has 0 atom stereocenters. The van der Waals surface area contributed by atoms with Gasteiger partial charge in [-0.25, -0.2) is 4.79 Å². The van der Waals surface area contributed by atoms with E-state index >= 15 is 0 Å². The number of benzene rings is 2. The van der Waals surface area contributed by atoms with Crippen molar-refractivity contribution in [2.75, 3.05) is 0 Å². The predicted octanol–water partition coefficient (Wildman–Crippen LogP) is 7.10. The zero-order valence-electron chi connectivity index (χ0n) is 17.5. The molecule has 164 valence electrons. The van der Waals surface area contributed by atoms with Crippen LogP contribution in [0.5, 0.6) is 11.5 Å². The van der Waals surface area contributed by atoms with E-state index in [0.29, 0.717) is 11.5 Å². The van der Waals surface area contributed by atoms with Crippen LogP contribution in [0.1, 0.15) is 87.2 Å². The molecular weight excluding hydrogens is 380 g/mol. The Morgan fingerprint density at radius 1 is 0.567 bits per heavy atom. The molecule has 0 saturated heterocycles. The Balaban J connectivity index is 0.000000182. The molecule has 0 radical (unpaired) electrons. The van der Waals surface area contributed by atoms with E-state index in [1.165, 1.54) is 75.3 Å². The van der Waals surface area contributed by atoms with Gasteiger partial charge in [0.25, 0.3) is 0 Å². The van der Waals surface area contributed by atoms with Gasteiger partial charge in [0.2, 0.25) is 0 Å². The lowest BCUT2D eigenvalue weighted by Crippen LogP contribution is -2.03. The Kier molecular flexibility index (Phi) is 10.1. The molecular formula is C25H34O5. The van der Waals surface area contributed by atoms with Crippen molar-refractivity contribution >= 4 is 6.16 Å². The fourth-order valence-corrected chi connectivity index (χ4v) is 4.36. The second-order valence-corrected chi connectivity index (χ2v) is 8.14. The predicted molar refractivity (Wildman–Crippen MR) is 119 cm³/mol. The van der Waals surface area contributed by atoms with Crippen LogP contribution in [0.4, 0.5) is 4.79 Å². The van der Waals surface area contributed by atoms with Crippen molar-refractivity contribution in [1.29, 1.82) is 0 Å². The highest BCUT2D eigenvalue weighted by molar-refractivity contribution is 5.53. The van der Waals surface area contributed by atoms with Crippen LogP contribution in [0.25, 0.3) is 0 Å². The maximum atomic E-state index is 9.16. The van der Waals surface area contributed by atoms with Crippen LogP contribution in [0, 0.1) is 0 Å². The van der Waals surface area contributed by atoms with E-state index in [-0.39, 0.29) is 0 Å². The van der Waals surface area contributed by atoms with Crippen molar-refractivity contribution in [2.24, 2.45) is 0 Å². The molecule has 0 spiro atoms. The third-order valence-corrected chi connectivity index (χ3v) is 5.94. The molecule has 0 bridgehead atoms. The SMILES string of the molecule is O=C(O)O.Oc1ccc(C2CCCCC2)cc1.Oc1ccc(C2CCCCC2)cc1. The molecule has 2 fully saturated rings. The monoisotopic (exact) mass is 414 g/mol. The molecule has 0 amide bonds. The number of phenolic OH excluding ortho intramolecular Hbond substituents is 2. The van der Waals surface area contributed by atoms with Gasteiger partial charge in [-0.1, -0.05) is 62.8 Å². The van der Waals surface area contributed by atoms with Crippen LogP contribution in [0.2, 0.25) is 0 Å². The Labute approximate surface area is 179 Å². The van der Waals surface area contributed by atoms with E-state index in [4.69, 9.17) is 25.2 Å². The van der Waals surface area contributed by atoms with Crippen LogP contribution in [-0.2, 0) is 0 Å². The molecule has 2 aromatic carbocycles. The molecule has 0 aliphatic heterocycles. The molecule has 0 aromatic heterocycles. The fraction of sp³-hybridized carbons (Fsp3) is 0.480. The highest BCUT2D eigenvalue weighted by Gasteiger charge is 2.15. The van der Waals surface area contributed by atoms with Crippen molar-refractivity contribution in [3.63, 3.8) is 0 Å². The highest BCUT2D eigenvalue weighted by atomic mass is 16.6. The summed E-state index contributed by atoms with van der Waals surface area (Å²) in [6, 6.07) is 15.4. The van der Waals surface area contributed by atoms with Crippen LogP contribution in [0.3, 0.4) is 0 Å². The third kappa shape index (κ3) is 8.76. The minimum absolute atomic E-state index is 0.375. The first kappa shape index (κ1) is 23.6. The van der Waals surface area contributed by atoms with Gasteiger partial charge in [-0.2, -0.15) is 0 Å². The normalized spacial score (nSPS) is 17.1. The summed E-state index contributed by atoms with van der Waals surface area (Å²) in [7, 11) is 0. The molecule has 0 heterocycles. The van der Waals surface area contributed by atoms with Gasteiger partial charge in [-0.15, -0.1) is 0 Å². The number of carbonyl (C=O) groups is 1. The fourth-order valence-electron chi connectivity index (χ4n) is 4.36. The van der Waals surface area contributed by atoms with Crippen molar-refractivity contribution < 1.29 is 25.2 Å². The van der Waals surface area contributed by atoms with Crippen molar-refractivity contribution in [2.45, 2.75) is 76.0 Å². The molecule has 4 rings (SSSR count). The summed E-state index contributed by atoms with van der Waals surface area (Å²) in [6.07, 6.45) is 11.7. The zero-order chi connectivity index (χ0) is 21.8. The minimum Gasteiger partial charge on any atom is -0.508 e. The second-order valence-electron chi connectivity index (χ2n) is 8.14. The number of carboxylic acid groups (broad SMARTS) is 2. The molecule has 5 heteroatoms. The Morgan fingerprint density at radius 3 is 1.10 bits per heavy atom. The largest absolute Gasteiger partial charge is 0.508 e. The molecule has 0 unspecified atom stereocenters. The first-order valence-electron chi connectivity index (χ1n) is 11.0. The second kappa shape index (κ2) is 12.8. The van der Waals surface area contributed by atoms with Gasteiger partial charge >= 0.3 is 6.16 Å². The maximum Gasteiger partial charge on any atom is 0.503 e. The van der Waals surface area contributed by atoms with E-state index in [1.807, 2.05) is 0 Å². The lowest BCUT2D eigenvalue weighted by Gasteiger charge is -2.21. The number of hydrogen-bond donors (Lipinski definition) is 4. The van der Waals surface area contributed by atoms with E-state index < -0.39 is 6.16 Å². The molecule has 5 nitrogen and oxygen atoms in total. The molecule has 2 aliphatic carbocycles. The number of phenols is 2. The summed E-state index contributed by atoms with van der Waals surface area (Å²) in [5.41, 5.74) is 2.80. The van der Waals surface area contributed by atoms with Gasteiger partial charge in [0.15, 0.2) is 0 Å². The Bertz CT molecular complexity index is 664. The van der Waals surface area contributed by atoms with Gasteiger partial charge in [0.1, 0.15) is 11.5 Å². The summed E-state index contributed by atoms with van der Waals surface area (Å²) in [5.74, 6) is 2.24. The molecule has 2 saturated carbocycles. The standard InChI is InChI=1S/2C12H16O.CH2O3/c2*13-12-8-6-11(7-9-12)10-4-2-1-3-5-10;2-1(3)4/h2*6-10,13H,1-5H2;(H2,2,3,4). The molecule has 2 aromatic rings. The average Bonchev–Trinajstić information content (AvgIpc) is 2.76. The number of aromatic hydroxyl groups is 2. The van der Waals surface area contributed by atoms with Crippen LogP contribution in [-0.4, -0.2) is 26.6 Å². The van der Waals surface area contributed by atoms with Gasteiger partial charge in [-0.05, 0) is 72.9 Å². The zero-order valence-corrected chi connectivity index (χ0v) is 17.5. The van der Waals surface area contributed by atoms with Crippen molar-refractivity contribution in [3.8, 4) is 11.5 Å². The molecule has 2 aliphatic rings. The Hall–Kier alpha value is -2.69. The van der Waals surface area contributed by atoms with E-state index in [1.54, 1.807) is 24.3 Å². The smallest absolute Gasteiger partial charge is 0.503 e. The average molecular weight is 415 g/mol. The first-order valence-corrected chi connectivity index (χ1v) is 11.0. The lowest BCUT2D eigenvalue weighted by molar-refractivity contribution is 0.137. The molecule has 30 heavy (non-hydrogen) atoms. The number of rotatable bonds is 2. The van der Waals surface area contributed by atoms with E-state index in [2.05, 4.69) is 24.3 Å². The van der Waals surface area contributed by atoms with Gasteiger partial charge in [0.05, 0.1) is 0 Å². The maximum absolute atomic E-state index is 9.16. The van der Waals surface area contributed by atoms with E-state index in [0.717, 1.165) is 11.8 Å². The third-order valence-electron chi connectivity index (χ3n) is 5.94. The van der Waals surface area contributed by atoms with Crippen molar-refractivity contribution in [1.82, 2.24) is 0 Å². The summed E-state index contributed by atoms with van der Waals surface area (Å²) >= 11 is 0. The van der Waals surface area contributed by atoms with Gasteiger partial charge < -0.3 is 20.4 Å². The topological polar surface area (TPSA) is 98.0 Å². The summed E-state index contributed by atoms with van der Waals surface area (Å²) < 4.78 is 0. The van der Waals surface area contributed by atoms with Crippen LogP contribution >= 0.6 is 0 Å². The minimum atomic E-state index is -1.83.